The number of para-hydroxylation sites is 1. The van der Waals surface area contributed by atoms with Crippen molar-refractivity contribution >= 4 is 17.5 Å². The molecule has 0 bridgehead atoms. The summed E-state index contributed by atoms with van der Waals surface area (Å²) in [4.78, 5) is 25.5. The van der Waals surface area contributed by atoms with Gasteiger partial charge in [-0.15, -0.1) is 0 Å². The number of carbonyl (C=O) groups excluding carboxylic acids is 2. The number of benzene rings is 3. The van der Waals surface area contributed by atoms with Gasteiger partial charge in [0, 0.05) is 6.54 Å². The molecule has 0 atom stereocenters. The minimum atomic E-state index is -0.238. The van der Waals surface area contributed by atoms with Crippen molar-refractivity contribution in [2.75, 3.05) is 26.1 Å². The van der Waals surface area contributed by atoms with Gasteiger partial charge in [0.1, 0.15) is 0 Å². The quantitative estimate of drug-likeness (QED) is 0.508. The molecule has 3 rings (SSSR count). The Morgan fingerprint density at radius 3 is 2.39 bits per heavy atom. The lowest BCUT2D eigenvalue weighted by Gasteiger charge is -2.13. The first-order valence-corrected chi connectivity index (χ1v) is 10.9. The number of nitrogens with one attached hydrogen (secondary N) is 2. The van der Waals surface area contributed by atoms with Gasteiger partial charge in [-0.3, -0.25) is 9.59 Å². The van der Waals surface area contributed by atoms with Crippen molar-refractivity contribution in [2.45, 2.75) is 26.7 Å². The molecule has 172 valence electrons. The van der Waals surface area contributed by atoms with E-state index in [0.717, 1.165) is 22.3 Å². The van der Waals surface area contributed by atoms with Crippen LogP contribution in [-0.4, -0.2) is 32.6 Å². The molecule has 6 nitrogen and oxygen atoms in total. The summed E-state index contributed by atoms with van der Waals surface area (Å²) >= 11 is 0. The number of rotatable bonds is 9. The molecule has 3 aromatic carbocycles. The largest absolute Gasteiger partial charge is 0.493 e. The van der Waals surface area contributed by atoms with Crippen molar-refractivity contribution in [3.8, 4) is 11.5 Å². The molecule has 0 saturated carbocycles. The average Bonchev–Trinajstić information content (AvgIpc) is 2.81. The number of aryl methyl sites for hydroxylation is 2. The Morgan fingerprint density at radius 1 is 0.879 bits per heavy atom. The third-order valence-corrected chi connectivity index (χ3v) is 5.45. The van der Waals surface area contributed by atoms with Crippen LogP contribution < -0.4 is 20.1 Å². The summed E-state index contributed by atoms with van der Waals surface area (Å²) < 4.78 is 10.6. The van der Waals surface area contributed by atoms with Crippen molar-refractivity contribution in [3.05, 3.63) is 88.5 Å². The second-order valence-corrected chi connectivity index (χ2v) is 7.90. The molecule has 0 unspecified atom stereocenters. The van der Waals surface area contributed by atoms with E-state index in [-0.39, 0.29) is 18.2 Å². The summed E-state index contributed by atoms with van der Waals surface area (Å²) in [7, 11) is 3.19. The molecule has 2 N–H and O–H groups in total. The van der Waals surface area contributed by atoms with Crippen molar-refractivity contribution in [3.63, 3.8) is 0 Å². The number of hydrogen-bond donors (Lipinski definition) is 2. The Hall–Kier alpha value is -3.80. The summed E-state index contributed by atoms with van der Waals surface area (Å²) in [6.07, 6.45) is 0.885. The third kappa shape index (κ3) is 6.35. The number of hydrogen-bond acceptors (Lipinski definition) is 4. The number of methoxy groups -OCH3 is 2. The van der Waals surface area contributed by atoms with E-state index in [2.05, 4.69) is 10.6 Å². The van der Waals surface area contributed by atoms with E-state index in [4.69, 9.17) is 9.47 Å². The third-order valence-electron chi connectivity index (χ3n) is 5.45. The molecular weight excluding hydrogens is 416 g/mol. The Kier molecular flexibility index (Phi) is 8.08. The van der Waals surface area contributed by atoms with Gasteiger partial charge >= 0.3 is 0 Å². The van der Waals surface area contributed by atoms with E-state index in [1.807, 2.05) is 50.2 Å². The minimum absolute atomic E-state index is 0.158. The highest BCUT2D eigenvalue weighted by Gasteiger charge is 2.14. The fraction of sp³-hybridized carbons (Fsp3) is 0.259. The molecule has 0 fully saturated rings. The second-order valence-electron chi connectivity index (χ2n) is 7.90. The Bertz CT molecular complexity index is 1140. The first kappa shape index (κ1) is 23.9. The van der Waals surface area contributed by atoms with Crippen LogP contribution >= 0.6 is 0 Å². The summed E-state index contributed by atoms with van der Waals surface area (Å²) in [6.45, 7) is 4.43. The van der Waals surface area contributed by atoms with Crippen LogP contribution in [0.2, 0.25) is 0 Å². The lowest BCUT2D eigenvalue weighted by atomic mass is 10.0. The van der Waals surface area contributed by atoms with Gasteiger partial charge in [0.2, 0.25) is 5.91 Å². The van der Waals surface area contributed by atoms with Crippen LogP contribution in [0, 0.1) is 13.8 Å². The Balaban J connectivity index is 1.61. The predicted molar refractivity (Wildman–Crippen MR) is 130 cm³/mol. The van der Waals surface area contributed by atoms with Crippen LogP contribution in [0.1, 0.15) is 32.6 Å². The summed E-state index contributed by atoms with van der Waals surface area (Å²) in [5, 5.41) is 5.82. The van der Waals surface area contributed by atoms with Crippen molar-refractivity contribution < 1.29 is 19.1 Å². The predicted octanol–water partition coefficient (Wildman–Crippen LogP) is 4.47. The maximum absolute atomic E-state index is 12.8. The van der Waals surface area contributed by atoms with Gasteiger partial charge in [0.15, 0.2) is 11.5 Å². The zero-order chi connectivity index (χ0) is 23.8. The highest BCUT2D eigenvalue weighted by atomic mass is 16.5. The van der Waals surface area contributed by atoms with Crippen molar-refractivity contribution in [2.24, 2.45) is 0 Å². The molecule has 0 heterocycles. The van der Waals surface area contributed by atoms with Gasteiger partial charge in [-0.25, -0.2) is 0 Å². The lowest BCUT2D eigenvalue weighted by molar-refractivity contribution is -0.115. The molecule has 0 aromatic heterocycles. The highest BCUT2D eigenvalue weighted by molar-refractivity contribution is 6.04. The molecule has 33 heavy (non-hydrogen) atoms. The number of amides is 2. The van der Waals surface area contributed by atoms with E-state index >= 15 is 0 Å². The summed E-state index contributed by atoms with van der Waals surface area (Å²) in [5.41, 5.74) is 5.09. The SMILES string of the molecule is COc1ccc(CCNC(=O)c2ccccc2NC(=O)Cc2cc(C)ccc2C)cc1OC. The van der Waals surface area contributed by atoms with Crippen LogP contribution in [0.5, 0.6) is 11.5 Å². The standard InChI is InChI=1S/C27H30N2O4/c1-18-9-10-19(2)21(15-18)17-26(30)29-23-8-6-5-7-22(23)27(31)28-14-13-20-11-12-24(32-3)25(16-20)33-4/h5-12,15-16H,13-14,17H2,1-4H3,(H,28,31)(H,29,30). The molecule has 3 aromatic rings. The Morgan fingerprint density at radius 2 is 1.64 bits per heavy atom. The lowest BCUT2D eigenvalue weighted by Crippen LogP contribution is -2.27. The zero-order valence-electron chi connectivity index (χ0n) is 19.5. The molecule has 0 radical (unpaired) electrons. The zero-order valence-corrected chi connectivity index (χ0v) is 19.5. The minimum Gasteiger partial charge on any atom is -0.493 e. The van der Waals surface area contributed by atoms with E-state index < -0.39 is 0 Å². The molecule has 0 aliphatic rings. The van der Waals surface area contributed by atoms with E-state index in [1.165, 1.54) is 0 Å². The highest BCUT2D eigenvalue weighted by Crippen LogP contribution is 2.27. The monoisotopic (exact) mass is 446 g/mol. The molecular formula is C27H30N2O4. The smallest absolute Gasteiger partial charge is 0.253 e. The van der Waals surface area contributed by atoms with Gasteiger partial charge in [0.05, 0.1) is 31.9 Å². The van der Waals surface area contributed by atoms with Gasteiger partial charge in [0.25, 0.3) is 5.91 Å². The van der Waals surface area contributed by atoms with Crippen LogP contribution in [0.25, 0.3) is 0 Å². The molecule has 6 heteroatoms. The van der Waals surface area contributed by atoms with Gasteiger partial charge in [-0.2, -0.15) is 0 Å². The van der Waals surface area contributed by atoms with Crippen LogP contribution in [-0.2, 0) is 17.6 Å². The first-order chi connectivity index (χ1) is 15.9. The number of carbonyl (C=O) groups is 2. The van der Waals surface area contributed by atoms with Gasteiger partial charge < -0.3 is 20.1 Å². The molecule has 0 aliphatic carbocycles. The summed E-state index contributed by atoms with van der Waals surface area (Å²) in [6, 6.07) is 18.8. The van der Waals surface area contributed by atoms with Crippen molar-refractivity contribution in [1.82, 2.24) is 5.32 Å². The van der Waals surface area contributed by atoms with E-state index in [1.54, 1.807) is 38.5 Å². The molecule has 0 spiro atoms. The second kappa shape index (κ2) is 11.2. The molecule has 0 saturated heterocycles. The fourth-order valence-electron chi connectivity index (χ4n) is 3.60. The first-order valence-electron chi connectivity index (χ1n) is 10.9. The van der Waals surface area contributed by atoms with Crippen LogP contribution in [0.4, 0.5) is 5.69 Å². The van der Waals surface area contributed by atoms with E-state index in [0.29, 0.717) is 35.7 Å². The average molecular weight is 447 g/mol. The molecule has 2 amide bonds. The van der Waals surface area contributed by atoms with Gasteiger partial charge in [-0.1, -0.05) is 42.0 Å². The van der Waals surface area contributed by atoms with E-state index in [9.17, 15) is 9.59 Å². The topological polar surface area (TPSA) is 76.7 Å². The maximum Gasteiger partial charge on any atom is 0.253 e. The normalized spacial score (nSPS) is 10.4. The maximum atomic E-state index is 12.8. The van der Waals surface area contributed by atoms with Crippen LogP contribution in [0.3, 0.4) is 0 Å². The number of ether oxygens (including phenoxy) is 2. The number of anilines is 1. The van der Waals surface area contributed by atoms with Crippen molar-refractivity contribution in [1.29, 1.82) is 0 Å². The molecule has 0 aliphatic heterocycles. The summed E-state index contributed by atoms with van der Waals surface area (Å²) in [5.74, 6) is 0.918. The van der Waals surface area contributed by atoms with Gasteiger partial charge in [-0.05, 0) is 61.2 Å². The Labute approximate surface area is 194 Å². The van der Waals surface area contributed by atoms with Crippen LogP contribution in [0.15, 0.2) is 60.7 Å². The fourth-order valence-corrected chi connectivity index (χ4v) is 3.60.